The number of alkyl halides is 2. The van der Waals surface area contributed by atoms with Crippen molar-refractivity contribution in [2.45, 2.75) is 20.1 Å². The second kappa shape index (κ2) is 7.39. The van der Waals surface area contributed by atoms with E-state index in [1.807, 2.05) is 0 Å². The van der Waals surface area contributed by atoms with Crippen LogP contribution < -0.4 is 9.47 Å². The molecule has 0 radical (unpaired) electrons. The number of aromatic nitrogens is 5. The fraction of sp³-hybridized carbons (Fsp3) is 0.200. The Morgan fingerprint density at radius 1 is 1.24 bits per heavy atom. The standard InChI is InChI=1S/C15H12ClF2N5O2/c1-9-19-5-12(6-20-9)24-8-10-7-23(22-21-10)11-2-3-13(16)14(4-11)25-15(17)18/h2-7,15H,8H2,1H3. The predicted molar refractivity (Wildman–Crippen MR) is 84.1 cm³/mol. The van der Waals surface area contributed by atoms with Crippen LogP contribution in [0.3, 0.4) is 0 Å². The average molecular weight is 368 g/mol. The molecule has 0 aliphatic heterocycles. The largest absolute Gasteiger partial charge is 0.484 e. The average Bonchev–Trinajstić information content (AvgIpc) is 3.05. The molecule has 0 aliphatic carbocycles. The molecule has 3 aromatic rings. The van der Waals surface area contributed by atoms with Gasteiger partial charge in [0.1, 0.15) is 23.9 Å². The highest BCUT2D eigenvalue weighted by Gasteiger charge is 2.11. The zero-order valence-electron chi connectivity index (χ0n) is 12.9. The lowest BCUT2D eigenvalue weighted by Gasteiger charge is -2.08. The van der Waals surface area contributed by atoms with Crippen LogP contribution in [0.2, 0.25) is 5.02 Å². The minimum Gasteiger partial charge on any atom is -0.484 e. The Balaban J connectivity index is 1.71. The van der Waals surface area contributed by atoms with Crippen LogP contribution in [0.5, 0.6) is 11.5 Å². The maximum absolute atomic E-state index is 12.4. The van der Waals surface area contributed by atoms with Gasteiger partial charge in [-0.1, -0.05) is 16.8 Å². The first kappa shape index (κ1) is 17.0. The summed E-state index contributed by atoms with van der Waals surface area (Å²) >= 11 is 5.83. The molecular weight excluding hydrogens is 356 g/mol. The lowest BCUT2D eigenvalue weighted by atomic mass is 10.3. The number of nitrogens with zero attached hydrogens (tertiary/aromatic N) is 5. The van der Waals surface area contributed by atoms with Crippen LogP contribution in [0.4, 0.5) is 8.78 Å². The monoisotopic (exact) mass is 367 g/mol. The van der Waals surface area contributed by atoms with Crippen LogP contribution in [0, 0.1) is 6.92 Å². The van der Waals surface area contributed by atoms with Gasteiger partial charge in [0.05, 0.1) is 29.3 Å². The molecule has 1 aromatic carbocycles. The third-order valence-electron chi connectivity index (χ3n) is 3.08. The van der Waals surface area contributed by atoms with Gasteiger partial charge in [-0.2, -0.15) is 8.78 Å². The summed E-state index contributed by atoms with van der Waals surface area (Å²) in [4.78, 5) is 8.04. The van der Waals surface area contributed by atoms with E-state index in [1.54, 1.807) is 31.6 Å². The fourth-order valence-corrected chi connectivity index (χ4v) is 2.09. The first-order chi connectivity index (χ1) is 12.0. The van der Waals surface area contributed by atoms with Gasteiger partial charge < -0.3 is 9.47 Å². The first-order valence-electron chi connectivity index (χ1n) is 7.08. The minimum absolute atomic E-state index is 0.0760. The fourth-order valence-electron chi connectivity index (χ4n) is 1.92. The van der Waals surface area contributed by atoms with Gasteiger partial charge >= 0.3 is 6.61 Å². The van der Waals surface area contributed by atoms with Gasteiger partial charge in [0.15, 0.2) is 5.75 Å². The van der Waals surface area contributed by atoms with E-state index in [4.69, 9.17) is 16.3 Å². The molecule has 7 nitrogen and oxygen atoms in total. The van der Waals surface area contributed by atoms with E-state index in [0.29, 0.717) is 23.0 Å². The highest BCUT2D eigenvalue weighted by atomic mass is 35.5. The van der Waals surface area contributed by atoms with Gasteiger partial charge in [0, 0.05) is 6.07 Å². The van der Waals surface area contributed by atoms with E-state index in [0.717, 1.165) is 0 Å². The number of aryl methyl sites for hydroxylation is 1. The summed E-state index contributed by atoms with van der Waals surface area (Å²) in [7, 11) is 0. The van der Waals surface area contributed by atoms with Gasteiger partial charge in [-0.25, -0.2) is 14.6 Å². The maximum atomic E-state index is 12.4. The number of benzene rings is 1. The maximum Gasteiger partial charge on any atom is 0.387 e. The zero-order valence-corrected chi connectivity index (χ0v) is 13.7. The molecule has 2 heterocycles. The van der Waals surface area contributed by atoms with Crippen molar-refractivity contribution < 1.29 is 18.3 Å². The molecule has 10 heteroatoms. The topological polar surface area (TPSA) is 75.0 Å². The van der Waals surface area contributed by atoms with Crippen LogP contribution in [-0.4, -0.2) is 31.6 Å². The van der Waals surface area contributed by atoms with Crippen LogP contribution in [-0.2, 0) is 6.61 Å². The van der Waals surface area contributed by atoms with Crippen LogP contribution in [0.1, 0.15) is 11.5 Å². The van der Waals surface area contributed by atoms with E-state index in [-0.39, 0.29) is 17.4 Å². The first-order valence-corrected chi connectivity index (χ1v) is 7.46. The van der Waals surface area contributed by atoms with Gasteiger partial charge in [0.25, 0.3) is 0 Å². The molecule has 0 spiro atoms. The number of ether oxygens (including phenoxy) is 2. The van der Waals surface area contributed by atoms with Crippen molar-refractivity contribution in [3.63, 3.8) is 0 Å². The molecule has 0 atom stereocenters. The van der Waals surface area contributed by atoms with E-state index in [9.17, 15) is 8.78 Å². The van der Waals surface area contributed by atoms with Gasteiger partial charge in [-0.3, -0.25) is 0 Å². The van der Waals surface area contributed by atoms with Crippen molar-refractivity contribution >= 4 is 11.6 Å². The van der Waals surface area contributed by atoms with Gasteiger partial charge in [0.2, 0.25) is 0 Å². The molecule has 0 saturated carbocycles. The van der Waals surface area contributed by atoms with E-state index in [2.05, 4.69) is 25.0 Å². The van der Waals surface area contributed by atoms with Crippen molar-refractivity contribution in [1.29, 1.82) is 0 Å². The van der Waals surface area contributed by atoms with Gasteiger partial charge in [-0.15, -0.1) is 5.10 Å². The quantitative estimate of drug-likeness (QED) is 0.666. The van der Waals surface area contributed by atoms with Crippen LogP contribution in [0.25, 0.3) is 5.69 Å². The highest BCUT2D eigenvalue weighted by Crippen LogP contribution is 2.28. The van der Waals surface area contributed by atoms with Crippen molar-refractivity contribution in [2.24, 2.45) is 0 Å². The summed E-state index contributed by atoms with van der Waals surface area (Å²) in [5.74, 6) is 1.00. The van der Waals surface area contributed by atoms with Crippen molar-refractivity contribution in [1.82, 2.24) is 25.0 Å². The minimum atomic E-state index is -2.97. The Morgan fingerprint density at radius 3 is 2.72 bits per heavy atom. The Labute approximate surface area is 146 Å². The molecular formula is C15H12ClF2N5O2. The van der Waals surface area contributed by atoms with Gasteiger partial charge in [-0.05, 0) is 19.1 Å². The summed E-state index contributed by atoms with van der Waals surface area (Å²) in [6.45, 7) is -1.04. The van der Waals surface area contributed by atoms with Crippen molar-refractivity contribution in [3.8, 4) is 17.2 Å². The second-order valence-electron chi connectivity index (χ2n) is 4.90. The summed E-state index contributed by atoms with van der Waals surface area (Å²) in [6, 6.07) is 4.39. The molecule has 0 aliphatic rings. The zero-order chi connectivity index (χ0) is 17.8. The molecule has 130 valence electrons. The third kappa shape index (κ3) is 4.38. The summed E-state index contributed by atoms with van der Waals surface area (Å²) in [6.07, 6.45) is 4.71. The van der Waals surface area contributed by atoms with Crippen molar-refractivity contribution in [2.75, 3.05) is 0 Å². The number of halogens is 3. The lowest BCUT2D eigenvalue weighted by Crippen LogP contribution is -2.03. The number of hydrogen-bond acceptors (Lipinski definition) is 6. The third-order valence-corrected chi connectivity index (χ3v) is 3.39. The summed E-state index contributed by atoms with van der Waals surface area (Å²) in [5.41, 5.74) is 1.00. The SMILES string of the molecule is Cc1ncc(OCc2cn(-c3ccc(Cl)c(OC(F)F)c3)nn2)cn1. The Kier molecular flexibility index (Phi) is 5.03. The van der Waals surface area contributed by atoms with E-state index in [1.165, 1.54) is 16.8 Å². The van der Waals surface area contributed by atoms with E-state index < -0.39 is 6.61 Å². The number of rotatable bonds is 6. The molecule has 3 rings (SSSR count). The smallest absolute Gasteiger partial charge is 0.387 e. The molecule has 0 fully saturated rings. The Bertz CT molecular complexity index is 857. The second-order valence-corrected chi connectivity index (χ2v) is 5.31. The molecule has 0 saturated heterocycles. The Morgan fingerprint density at radius 2 is 2.00 bits per heavy atom. The van der Waals surface area contributed by atoms with Crippen LogP contribution >= 0.6 is 11.6 Å². The lowest BCUT2D eigenvalue weighted by molar-refractivity contribution is -0.0497. The molecule has 0 N–H and O–H groups in total. The molecule has 0 bridgehead atoms. The Hall–Kier alpha value is -2.81. The summed E-state index contributed by atoms with van der Waals surface area (Å²) < 4.78 is 36.0. The molecule has 25 heavy (non-hydrogen) atoms. The highest BCUT2D eigenvalue weighted by molar-refractivity contribution is 6.32. The summed E-state index contributed by atoms with van der Waals surface area (Å²) in [5, 5.41) is 7.97. The van der Waals surface area contributed by atoms with E-state index >= 15 is 0 Å². The molecule has 2 aromatic heterocycles. The molecule has 0 unspecified atom stereocenters. The predicted octanol–water partition coefficient (Wildman–Crippen LogP) is 3.20. The van der Waals surface area contributed by atoms with Crippen LogP contribution in [0.15, 0.2) is 36.8 Å². The molecule has 0 amide bonds. The van der Waals surface area contributed by atoms with Crippen molar-refractivity contribution in [3.05, 3.63) is 53.3 Å². The number of hydrogen-bond donors (Lipinski definition) is 0. The normalized spacial score (nSPS) is 10.9.